The van der Waals surface area contributed by atoms with E-state index in [0.717, 1.165) is 23.6 Å². The Bertz CT molecular complexity index is 617. The van der Waals surface area contributed by atoms with Gasteiger partial charge in [0, 0.05) is 39.5 Å². The minimum atomic E-state index is 0.128. The third-order valence-corrected chi connectivity index (χ3v) is 5.37. The summed E-state index contributed by atoms with van der Waals surface area (Å²) in [5.74, 6) is 1.27. The summed E-state index contributed by atoms with van der Waals surface area (Å²) in [6.07, 6.45) is 5.36. The molecule has 1 aliphatic rings. The molecule has 2 unspecified atom stereocenters. The summed E-state index contributed by atoms with van der Waals surface area (Å²) < 4.78 is 0. The quantitative estimate of drug-likeness (QED) is 0.855. The van der Waals surface area contributed by atoms with E-state index >= 15 is 0 Å². The lowest BCUT2D eigenvalue weighted by Crippen LogP contribution is -2.33. The van der Waals surface area contributed by atoms with Gasteiger partial charge in [0.1, 0.15) is 0 Å². The third-order valence-electron chi connectivity index (χ3n) is 3.99. The molecule has 110 valence electrons. The van der Waals surface area contributed by atoms with Crippen molar-refractivity contribution in [3.05, 3.63) is 58.9 Å². The molecule has 1 aromatic carbocycles. The number of rotatable bonds is 4. The van der Waals surface area contributed by atoms with Crippen LogP contribution >= 0.6 is 23.4 Å². The molecule has 0 spiro atoms. The van der Waals surface area contributed by atoms with Gasteiger partial charge in [0.25, 0.3) is 0 Å². The fourth-order valence-corrected chi connectivity index (χ4v) is 4.18. The monoisotopic (exact) mass is 318 g/mol. The largest absolute Gasteiger partial charge is 0.326 e. The van der Waals surface area contributed by atoms with Crippen LogP contribution in [0.5, 0.6) is 0 Å². The van der Waals surface area contributed by atoms with Crippen molar-refractivity contribution in [2.24, 2.45) is 5.73 Å². The van der Waals surface area contributed by atoms with Gasteiger partial charge in [-0.2, -0.15) is 0 Å². The average molecular weight is 319 g/mol. The molecule has 0 fully saturated rings. The van der Waals surface area contributed by atoms with Crippen molar-refractivity contribution in [1.29, 1.82) is 0 Å². The Labute approximate surface area is 135 Å². The Balaban J connectivity index is 1.67. The average Bonchev–Trinajstić information content (AvgIpc) is 2.52. The number of aromatic nitrogens is 1. The zero-order valence-electron chi connectivity index (χ0n) is 11.8. The zero-order valence-corrected chi connectivity index (χ0v) is 13.4. The van der Waals surface area contributed by atoms with Gasteiger partial charge in [-0.05, 0) is 49.1 Å². The summed E-state index contributed by atoms with van der Waals surface area (Å²) >= 11 is 7.79. The molecule has 2 N–H and O–H groups in total. The molecule has 0 amide bonds. The standard InChI is InChI=1S/C17H19ClN2S/c18-13-6-2-7-14(10-13)21-11-16(19)15-8-1-4-12-5-3-9-20-17(12)15/h2-3,5-7,9-10,15-16H,1,4,8,11,19H2. The summed E-state index contributed by atoms with van der Waals surface area (Å²) in [6, 6.07) is 12.3. The third kappa shape index (κ3) is 3.60. The van der Waals surface area contributed by atoms with Gasteiger partial charge in [-0.15, -0.1) is 11.8 Å². The van der Waals surface area contributed by atoms with E-state index < -0.39 is 0 Å². The van der Waals surface area contributed by atoms with Crippen LogP contribution in [0.4, 0.5) is 0 Å². The predicted molar refractivity (Wildman–Crippen MR) is 90.1 cm³/mol. The van der Waals surface area contributed by atoms with Gasteiger partial charge < -0.3 is 5.73 Å². The maximum Gasteiger partial charge on any atom is 0.0482 e. The van der Waals surface area contributed by atoms with E-state index in [9.17, 15) is 0 Å². The van der Waals surface area contributed by atoms with Crippen LogP contribution in [0.15, 0.2) is 47.5 Å². The molecule has 1 aromatic heterocycles. The first-order valence-corrected chi connectivity index (χ1v) is 8.68. The van der Waals surface area contributed by atoms with Crippen molar-refractivity contribution in [3.8, 4) is 0 Å². The lowest BCUT2D eigenvalue weighted by atomic mass is 9.83. The highest BCUT2D eigenvalue weighted by Crippen LogP contribution is 2.33. The number of nitrogens with zero attached hydrogens (tertiary/aromatic N) is 1. The number of benzene rings is 1. The minimum absolute atomic E-state index is 0.128. The molecule has 0 bridgehead atoms. The van der Waals surface area contributed by atoms with Crippen molar-refractivity contribution < 1.29 is 0 Å². The normalized spacial score (nSPS) is 19.0. The number of halogens is 1. The molecule has 21 heavy (non-hydrogen) atoms. The molecular formula is C17H19ClN2S. The Morgan fingerprint density at radius 2 is 2.24 bits per heavy atom. The topological polar surface area (TPSA) is 38.9 Å². The summed E-state index contributed by atoms with van der Waals surface area (Å²) in [5.41, 5.74) is 9.04. The van der Waals surface area contributed by atoms with Crippen LogP contribution in [0.3, 0.4) is 0 Å². The van der Waals surface area contributed by atoms with Crippen LogP contribution in [-0.2, 0) is 6.42 Å². The van der Waals surface area contributed by atoms with Gasteiger partial charge in [0.2, 0.25) is 0 Å². The second-order valence-electron chi connectivity index (χ2n) is 5.48. The van der Waals surface area contributed by atoms with Crippen molar-refractivity contribution >= 4 is 23.4 Å². The van der Waals surface area contributed by atoms with Crippen LogP contribution in [0.25, 0.3) is 0 Å². The second-order valence-corrected chi connectivity index (χ2v) is 7.01. The van der Waals surface area contributed by atoms with Gasteiger partial charge in [0.05, 0.1) is 0 Å². The molecule has 2 nitrogen and oxygen atoms in total. The molecule has 3 rings (SSSR count). The Kier molecular flexibility index (Phi) is 4.84. The molecule has 1 heterocycles. The first-order chi connectivity index (χ1) is 10.2. The number of nitrogens with two attached hydrogens (primary N) is 1. The lowest BCUT2D eigenvalue weighted by molar-refractivity contribution is 0.477. The van der Waals surface area contributed by atoms with Crippen LogP contribution in [0.1, 0.15) is 30.0 Å². The Morgan fingerprint density at radius 3 is 3.10 bits per heavy atom. The van der Waals surface area contributed by atoms with Gasteiger partial charge in [-0.3, -0.25) is 4.98 Å². The summed E-state index contributed by atoms with van der Waals surface area (Å²) in [6.45, 7) is 0. The fourth-order valence-electron chi connectivity index (χ4n) is 2.93. The highest BCUT2D eigenvalue weighted by atomic mass is 35.5. The summed E-state index contributed by atoms with van der Waals surface area (Å²) in [4.78, 5) is 5.76. The van der Waals surface area contributed by atoms with Crippen molar-refractivity contribution in [3.63, 3.8) is 0 Å². The van der Waals surface area contributed by atoms with E-state index in [1.54, 1.807) is 11.8 Å². The number of hydrogen-bond donors (Lipinski definition) is 1. The zero-order chi connectivity index (χ0) is 14.7. The van der Waals surface area contributed by atoms with Gasteiger partial charge in [0.15, 0.2) is 0 Å². The number of thioether (sulfide) groups is 1. The SMILES string of the molecule is NC(CSc1cccc(Cl)c1)C1CCCc2cccnc21. The van der Waals surface area contributed by atoms with E-state index in [-0.39, 0.29) is 6.04 Å². The van der Waals surface area contributed by atoms with E-state index in [1.807, 2.05) is 30.5 Å². The van der Waals surface area contributed by atoms with E-state index in [4.69, 9.17) is 17.3 Å². The molecule has 2 atom stereocenters. The molecule has 1 aliphatic carbocycles. The maximum absolute atomic E-state index is 6.46. The smallest absolute Gasteiger partial charge is 0.0482 e. The van der Waals surface area contributed by atoms with Crippen LogP contribution in [0, 0.1) is 0 Å². The van der Waals surface area contributed by atoms with Gasteiger partial charge in [-0.25, -0.2) is 0 Å². The molecule has 4 heteroatoms. The van der Waals surface area contributed by atoms with Crippen LogP contribution in [0.2, 0.25) is 5.02 Å². The van der Waals surface area contributed by atoms with Crippen molar-refractivity contribution in [1.82, 2.24) is 4.98 Å². The van der Waals surface area contributed by atoms with Gasteiger partial charge in [-0.1, -0.05) is 23.7 Å². The van der Waals surface area contributed by atoms with Crippen molar-refractivity contribution in [2.45, 2.75) is 36.1 Å². The summed E-state index contributed by atoms with van der Waals surface area (Å²) in [5, 5.41) is 0.776. The number of pyridine rings is 1. The Hall–Kier alpha value is -1.03. The second kappa shape index (κ2) is 6.82. The molecule has 2 aromatic rings. The molecular weight excluding hydrogens is 300 g/mol. The molecule has 0 saturated heterocycles. The maximum atomic E-state index is 6.46. The minimum Gasteiger partial charge on any atom is -0.326 e. The highest BCUT2D eigenvalue weighted by Gasteiger charge is 2.26. The van der Waals surface area contributed by atoms with E-state index in [0.29, 0.717) is 5.92 Å². The first kappa shape index (κ1) is 14.9. The molecule has 0 aliphatic heterocycles. The van der Waals surface area contributed by atoms with Crippen molar-refractivity contribution in [2.75, 3.05) is 5.75 Å². The number of hydrogen-bond acceptors (Lipinski definition) is 3. The number of fused-ring (bicyclic) bond motifs is 1. The predicted octanol–water partition coefficient (Wildman–Crippen LogP) is 4.27. The Morgan fingerprint density at radius 1 is 1.33 bits per heavy atom. The van der Waals surface area contributed by atoms with E-state index in [1.165, 1.54) is 22.6 Å². The van der Waals surface area contributed by atoms with Crippen LogP contribution < -0.4 is 5.73 Å². The molecule has 0 saturated carbocycles. The lowest BCUT2D eigenvalue weighted by Gasteiger charge is -2.28. The van der Waals surface area contributed by atoms with Crippen LogP contribution in [-0.4, -0.2) is 16.8 Å². The van der Waals surface area contributed by atoms with Gasteiger partial charge >= 0.3 is 0 Å². The van der Waals surface area contributed by atoms with E-state index in [2.05, 4.69) is 17.1 Å². The fraction of sp³-hybridized carbons (Fsp3) is 0.353. The molecule has 0 radical (unpaired) electrons. The summed E-state index contributed by atoms with van der Waals surface area (Å²) in [7, 11) is 0. The highest BCUT2D eigenvalue weighted by molar-refractivity contribution is 7.99. The number of aryl methyl sites for hydroxylation is 1. The first-order valence-electron chi connectivity index (χ1n) is 7.32.